The predicted molar refractivity (Wildman–Crippen MR) is 142 cm³/mol. The van der Waals surface area contributed by atoms with Gasteiger partial charge < -0.3 is 10.2 Å². The Morgan fingerprint density at radius 1 is 1.09 bits per heavy atom. The van der Waals surface area contributed by atoms with Crippen molar-refractivity contribution >= 4 is 39.1 Å². The molecule has 35 heavy (non-hydrogen) atoms. The molecular weight excluding hydrogens is 486 g/mol. The Morgan fingerprint density at radius 2 is 1.77 bits per heavy atom. The summed E-state index contributed by atoms with van der Waals surface area (Å²) in [7, 11) is -3.57. The van der Waals surface area contributed by atoms with Crippen LogP contribution in [0.3, 0.4) is 0 Å². The first kappa shape index (κ1) is 28.7. The predicted octanol–water partition coefficient (Wildman–Crippen LogP) is 4.53. The third kappa shape index (κ3) is 8.85. The second-order valence-electron chi connectivity index (χ2n) is 8.92. The van der Waals surface area contributed by atoms with Gasteiger partial charge in [0.1, 0.15) is 6.04 Å². The summed E-state index contributed by atoms with van der Waals surface area (Å²) in [5, 5.41) is 3.38. The van der Waals surface area contributed by atoms with Gasteiger partial charge in [-0.05, 0) is 57.4 Å². The van der Waals surface area contributed by atoms with Crippen LogP contribution >= 0.6 is 11.6 Å². The minimum atomic E-state index is -3.57. The molecule has 0 radical (unpaired) electrons. The fourth-order valence-corrected chi connectivity index (χ4v) is 4.83. The SMILES string of the molecule is CC[C@H](C)NC(=O)[C@@H](C)N(Cc1cccc(C)c1)C(=O)CCCN(c1cccc(Cl)c1)S(C)(=O)=O. The van der Waals surface area contributed by atoms with E-state index in [1.165, 1.54) is 4.31 Å². The van der Waals surface area contributed by atoms with E-state index < -0.39 is 16.1 Å². The molecule has 0 unspecified atom stereocenters. The first-order valence-corrected chi connectivity index (χ1v) is 14.0. The van der Waals surface area contributed by atoms with Gasteiger partial charge >= 0.3 is 0 Å². The molecule has 0 saturated heterocycles. The molecule has 0 spiro atoms. The van der Waals surface area contributed by atoms with Crippen molar-refractivity contribution in [2.75, 3.05) is 17.1 Å². The summed E-state index contributed by atoms with van der Waals surface area (Å²) in [6, 6.07) is 13.7. The molecule has 192 valence electrons. The monoisotopic (exact) mass is 521 g/mol. The largest absolute Gasteiger partial charge is 0.352 e. The number of aryl methyl sites for hydroxylation is 1. The summed E-state index contributed by atoms with van der Waals surface area (Å²) in [5.74, 6) is -0.421. The van der Waals surface area contributed by atoms with Crippen LogP contribution in [-0.4, -0.2) is 50.0 Å². The number of rotatable bonds is 12. The van der Waals surface area contributed by atoms with Crippen LogP contribution in [0.5, 0.6) is 0 Å². The smallest absolute Gasteiger partial charge is 0.242 e. The number of benzene rings is 2. The lowest BCUT2D eigenvalue weighted by molar-refractivity contribution is -0.140. The standard InChI is InChI=1S/C26H36ClN3O4S/c1-6-20(3)28-26(32)21(4)29(18-22-11-7-10-19(2)16-22)25(31)14-9-15-30(35(5,33)34)24-13-8-12-23(27)17-24/h7-8,10-13,16-17,20-21H,6,9,14-15,18H2,1-5H3,(H,28,32)/t20-,21+/m0/s1. The van der Waals surface area contributed by atoms with Gasteiger partial charge in [0, 0.05) is 30.6 Å². The first-order valence-electron chi connectivity index (χ1n) is 11.8. The molecule has 0 heterocycles. The van der Waals surface area contributed by atoms with Crippen LogP contribution in [0, 0.1) is 6.92 Å². The van der Waals surface area contributed by atoms with Crippen LogP contribution in [-0.2, 0) is 26.2 Å². The number of hydrogen-bond donors (Lipinski definition) is 1. The maximum Gasteiger partial charge on any atom is 0.242 e. The van der Waals surface area contributed by atoms with Gasteiger partial charge in [-0.15, -0.1) is 0 Å². The quantitative estimate of drug-likeness (QED) is 0.444. The highest BCUT2D eigenvalue weighted by Gasteiger charge is 2.27. The van der Waals surface area contributed by atoms with Crippen LogP contribution in [0.2, 0.25) is 5.02 Å². The van der Waals surface area contributed by atoms with E-state index in [1.807, 2.05) is 45.0 Å². The lowest BCUT2D eigenvalue weighted by Crippen LogP contribution is -2.49. The number of nitrogens with zero attached hydrogens (tertiary/aromatic N) is 2. The number of sulfonamides is 1. The van der Waals surface area contributed by atoms with E-state index in [0.29, 0.717) is 23.7 Å². The molecular formula is C26H36ClN3O4S. The number of hydrogen-bond acceptors (Lipinski definition) is 4. The second kappa shape index (κ2) is 12.9. The molecule has 2 aromatic carbocycles. The molecule has 0 aliphatic rings. The first-order chi connectivity index (χ1) is 16.4. The van der Waals surface area contributed by atoms with E-state index in [-0.39, 0.29) is 30.8 Å². The van der Waals surface area contributed by atoms with E-state index in [0.717, 1.165) is 23.8 Å². The molecule has 0 fully saturated rings. The molecule has 9 heteroatoms. The topological polar surface area (TPSA) is 86.8 Å². The highest BCUT2D eigenvalue weighted by Crippen LogP contribution is 2.22. The summed E-state index contributed by atoms with van der Waals surface area (Å²) in [6.07, 6.45) is 2.30. The zero-order chi connectivity index (χ0) is 26.2. The number of anilines is 1. The molecule has 0 aromatic heterocycles. The van der Waals surface area contributed by atoms with E-state index in [1.54, 1.807) is 36.1 Å². The Bertz CT molecular complexity index is 1120. The van der Waals surface area contributed by atoms with Gasteiger partial charge in [-0.2, -0.15) is 0 Å². The average Bonchev–Trinajstić information content (AvgIpc) is 2.78. The van der Waals surface area contributed by atoms with Crippen LogP contribution in [0.25, 0.3) is 0 Å². The third-order valence-electron chi connectivity index (χ3n) is 5.85. The zero-order valence-electron chi connectivity index (χ0n) is 21.1. The maximum atomic E-state index is 13.3. The molecule has 0 saturated carbocycles. The number of halogens is 1. The van der Waals surface area contributed by atoms with E-state index >= 15 is 0 Å². The van der Waals surface area contributed by atoms with Gasteiger partial charge in [-0.1, -0.05) is 54.4 Å². The molecule has 0 bridgehead atoms. The fourth-order valence-electron chi connectivity index (χ4n) is 3.69. The van der Waals surface area contributed by atoms with Crippen molar-refractivity contribution < 1.29 is 18.0 Å². The summed E-state index contributed by atoms with van der Waals surface area (Å²) in [5.41, 5.74) is 2.44. The molecule has 2 aromatic rings. The van der Waals surface area contributed by atoms with Crippen molar-refractivity contribution in [1.82, 2.24) is 10.2 Å². The van der Waals surface area contributed by atoms with Crippen molar-refractivity contribution in [1.29, 1.82) is 0 Å². The average molecular weight is 522 g/mol. The molecule has 2 rings (SSSR count). The lowest BCUT2D eigenvalue weighted by Gasteiger charge is -2.30. The molecule has 2 amide bonds. The third-order valence-corrected chi connectivity index (χ3v) is 7.28. The molecule has 2 atom stereocenters. The summed E-state index contributed by atoms with van der Waals surface area (Å²) >= 11 is 6.04. The number of carbonyl (C=O) groups is 2. The van der Waals surface area contributed by atoms with E-state index in [9.17, 15) is 18.0 Å². The van der Waals surface area contributed by atoms with E-state index in [4.69, 9.17) is 11.6 Å². The van der Waals surface area contributed by atoms with Crippen molar-refractivity contribution in [3.05, 3.63) is 64.7 Å². The highest BCUT2D eigenvalue weighted by molar-refractivity contribution is 7.92. The Kier molecular flexibility index (Phi) is 10.6. The maximum absolute atomic E-state index is 13.3. The fraction of sp³-hybridized carbons (Fsp3) is 0.462. The minimum absolute atomic E-state index is 0.00175. The number of carbonyl (C=O) groups excluding carboxylic acids is 2. The summed E-state index contributed by atoms with van der Waals surface area (Å²) < 4.78 is 26.0. The van der Waals surface area contributed by atoms with Gasteiger partial charge in [0.05, 0.1) is 11.9 Å². The van der Waals surface area contributed by atoms with E-state index in [2.05, 4.69) is 5.32 Å². The van der Waals surface area contributed by atoms with Gasteiger partial charge in [0.2, 0.25) is 21.8 Å². The van der Waals surface area contributed by atoms with Crippen LogP contribution in [0.15, 0.2) is 48.5 Å². The molecule has 0 aliphatic carbocycles. The van der Waals surface area contributed by atoms with Crippen LogP contribution < -0.4 is 9.62 Å². The van der Waals surface area contributed by atoms with Crippen LogP contribution in [0.4, 0.5) is 5.69 Å². The van der Waals surface area contributed by atoms with Gasteiger partial charge in [-0.25, -0.2) is 8.42 Å². The molecule has 7 nitrogen and oxygen atoms in total. The summed E-state index contributed by atoms with van der Waals surface area (Å²) in [6.45, 7) is 8.02. The van der Waals surface area contributed by atoms with Crippen molar-refractivity contribution in [3.63, 3.8) is 0 Å². The van der Waals surface area contributed by atoms with Gasteiger partial charge in [0.15, 0.2) is 0 Å². The summed E-state index contributed by atoms with van der Waals surface area (Å²) in [4.78, 5) is 27.7. The van der Waals surface area contributed by atoms with Crippen molar-refractivity contribution in [2.45, 2.75) is 65.6 Å². The van der Waals surface area contributed by atoms with Crippen molar-refractivity contribution in [3.8, 4) is 0 Å². The Morgan fingerprint density at radius 3 is 2.37 bits per heavy atom. The van der Waals surface area contributed by atoms with Crippen LogP contribution in [0.1, 0.15) is 51.2 Å². The highest BCUT2D eigenvalue weighted by atomic mass is 35.5. The second-order valence-corrected chi connectivity index (χ2v) is 11.3. The minimum Gasteiger partial charge on any atom is -0.352 e. The van der Waals surface area contributed by atoms with Gasteiger partial charge in [-0.3, -0.25) is 13.9 Å². The normalized spacial score (nSPS) is 13.1. The molecule has 0 aliphatic heterocycles. The van der Waals surface area contributed by atoms with Crippen molar-refractivity contribution in [2.24, 2.45) is 0 Å². The van der Waals surface area contributed by atoms with Gasteiger partial charge in [0.25, 0.3) is 0 Å². The number of nitrogens with one attached hydrogen (secondary N) is 1. The Hall–Kier alpha value is -2.58. The Labute approximate surface area is 214 Å². The molecule has 1 N–H and O–H groups in total. The lowest BCUT2D eigenvalue weighted by atomic mass is 10.1. The zero-order valence-corrected chi connectivity index (χ0v) is 22.7. The Balaban J connectivity index is 2.17. The number of amides is 2.